The van der Waals surface area contributed by atoms with Crippen molar-refractivity contribution in [2.24, 2.45) is 0 Å². The van der Waals surface area contributed by atoms with Crippen molar-refractivity contribution < 1.29 is 8.42 Å². The summed E-state index contributed by atoms with van der Waals surface area (Å²) in [6.07, 6.45) is 2.52. The lowest BCUT2D eigenvalue weighted by Gasteiger charge is -2.20. The average Bonchev–Trinajstić information content (AvgIpc) is 3.16. The van der Waals surface area contributed by atoms with Gasteiger partial charge in [-0.25, -0.2) is 15.0 Å². The first-order valence-corrected chi connectivity index (χ1v) is 10.2. The Balaban J connectivity index is 1.79. The van der Waals surface area contributed by atoms with E-state index >= 15 is 0 Å². The molecule has 1 N–H and O–H groups in total. The lowest BCUT2D eigenvalue weighted by molar-refractivity contribution is 0.418. The molecule has 3 rings (SSSR count). The molecule has 0 saturated carbocycles. The molecule has 0 bridgehead atoms. The van der Waals surface area contributed by atoms with Gasteiger partial charge in [0.05, 0.1) is 0 Å². The molecule has 10 heteroatoms. The van der Waals surface area contributed by atoms with Crippen molar-refractivity contribution in [2.45, 2.75) is 26.2 Å². The minimum Gasteiger partial charge on any atom is -0.316 e. The van der Waals surface area contributed by atoms with Crippen LogP contribution in [0, 0.1) is 13.8 Å². The van der Waals surface area contributed by atoms with Crippen molar-refractivity contribution in [1.82, 2.24) is 23.6 Å². The summed E-state index contributed by atoms with van der Waals surface area (Å²) in [5.74, 6) is 1.35. The van der Waals surface area contributed by atoms with E-state index in [1.165, 1.54) is 8.61 Å². The fourth-order valence-corrected chi connectivity index (χ4v) is 4.58. The quantitative estimate of drug-likeness (QED) is 0.849. The Hall–Kier alpha value is -1.62. The van der Waals surface area contributed by atoms with Crippen molar-refractivity contribution >= 4 is 32.5 Å². The molecule has 0 aromatic carbocycles. The summed E-state index contributed by atoms with van der Waals surface area (Å²) in [7, 11) is -0.305. The van der Waals surface area contributed by atoms with Crippen LogP contribution < -0.4 is 5.32 Å². The second-order valence-electron chi connectivity index (χ2n) is 6.29. The number of rotatable bonds is 5. The van der Waals surface area contributed by atoms with Crippen LogP contribution in [0.5, 0.6) is 0 Å². The van der Waals surface area contributed by atoms with Gasteiger partial charge in [0.15, 0.2) is 5.13 Å². The van der Waals surface area contributed by atoms with Crippen LogP contribution >= 0.6 is 11.3 Å². The predicted molar refractivity (Wildman–Crippen MR) is 98.4 cm³/mol. The summed E-state index contributed by atoms with van der Waals surface area (Å²) in [6, 6.07) is 1.86. The first-order valence-electron chi connectivity index (χ1n) is 7.98. The van der Waals surface area contributed by atoms with E-state index in [1.807, 2.05) is 26.1 Å². The van der Waals surface area contributed by atoms with Gasteiger partial charge in [-0.3, -0.25) is 0 Å². The summed E-state index contributed by atoms with van der Waals surface area (Å²) in [6.45, 7) is 4.79. The summed E-state index contributed by atoms with van der Waals surface area (Å²) in [5, 5.41) is 3.99. The molecule has 25 heavy (non-hydrogen) atoms. The Morgan fingerprint density at radius 1 is 1.32 bits per heavy atom. The third-order valence-electron chi connectivity index (χ3n) is 4.03. The van der Waals surface area contributed by atoms with E-state index in [0.717, 1.165) is 15.7 Å². The molecule has 1 aliphatic rings. The van der Waals surface area contributed by atoms with Gasteiger partial charge in [0.1, 0.15) is 11.6 Å². The molecule has 1 saturated heterocycles. The molecule has 1 aliphatic heterocycles. The first-order chi connectivity index (χ1) is 11.8. The van der Waals surface area contributed by atoms with Crippen LogP contribution in [0.15, 0.2) is 12.3 Å². The Morgan fingerprint density at radius 3 is 2.72 bits per heavy atom. The normalized spacial score (nSPS) is 18.8. The van der Waals surface area contributed by atoms with Crippen LogP contribution in [0.1, 0.15) is 28.7 Å². The molecule has 1 atom stereocenters. The lowest BCUT2D eigenvalue weighted by atomic mass is 10.1. The second kappa shape index (κ2) is 6.94. The van der Waals surface area contributed by atoms with E-state index in [-0.39, 0.29) is 5.92 Å². The molecule has 136 valence electrons. The minimum atomic E-state index is -3.40. The molecule has 2 aromatic heterocycles. The molecule has 8 nitrogen and oxygen atoms in total. The molecule has 1 fully saturated rings. The summed E-state index contributed by atoms with van der Waals surface area (Å²) in [4.78, 5) is 14.5. The number of aromatic nitrogens is 3. The largest absolute Gasteiger partial charge is 0.316 e. The molecular formula is C15H22N6O2S2. The molecule has 0 unspecified atom stereocenters. The number of anilines is 2. The Labute approximate surface area is 152 Å². The number of nitrogens with one attached hydrogen (secondary N) is 1. The number of nitrogens with zero attached hydrogens (tertiary/aromatic N) is 5. The highest BCUT2D eigenvalue weighted by Crippen LogP contribution is 2.29. The summed E-state index contributed by atoms with van der Waals surface area (Å²) < 4.78 is 27.3. The minimum absolute atomic E-state index is 0.00629. The zero-order chi connectivity index (χ0) is 18.2. The van der Waals surface area contributed by atoms with E-state index in [1.54, 1.807) is 25.4 Å². The molecular weight excluding hydrogens is 360 g/mol. The predicted octanol–water partition coefficient (Wildman–Crippen LogP) is 1.89. The molecule has 0 radical (unpaired) electrons. The number of hydrogen-bond donors (Lipinski definition) is 1. The van der Waals surface area contributed by atoms with Gasteiger partial charge >= 0.3 is 0 Å². The summed E-state index contributed by atoms with van der Waals surface area (Å²) in [5.41, 5.74) is 0.842. The van der Waals surface area contributed by atoms with Gasteiger partial charge in [0, 0.05) is 55.9 Å². The molecule has 3 heterocycles. The van der Waals surface area contributed by atoms with Crippen LogP contribution in [-0.4, -0.2) is 59.2 Å². The van der Waals surface area contributed by atoms with Gasteiger partial charge < -0.3 is 5.32 Å². The van der Waals surface area contributed by atoms with Crippen LogP contribution in [0.2, 0.25) is 0 Å². The van der Waals surface area contributed by atoms with Crippen molar-refractivity contribution in [3.8, 4) is 0 Å². The second-order valence-corrected chi connectivity index (χ2v) is 9.66. The van der Waals surface area contributed by atoms with Gasteiger partial charge in [-0.2, -0.15) is 17.0 Å². The zero-order valence-electron chi connectivity index (χ0n) is 14.7. The third-order valence-corrected chi connectivity index (χ3v) is 6.77. The maximum atomic E-state index is 12.3. The molecule has 2 aromatic rings. The SMILES string of the molecule is Cc1cc(Nc2ncc(C)s2)nc([C@H]2CCN(S(=O)(=O)N(C)C)C2)n1. The van der Waals surface area contributed by atoms with E-state index in [4.69, 9.17) is 0 Å². The fraction of sp³-hybridized carbons (Fsp3) is 0.533. The fourth-order valence-electron chi connectivity index (χ4n) is 2.74. The van der Waals surface area contributed by atoms with Crippen molar-refractivity contribution in [3.63, 3.8) is 0 Å². The molecule has 0 aliphatic carbocycles. The van der Waals surface area contributed by atoms with E-state index in [9.17, 15) is 8.42 Å². The monoisotopic (exact) mass is 382 g/mol. The summed E-state index contributed by atoms with van der Waals surface area (Å²) >= 11 is 1.56. The van der Waals surface area contributed by atoms with Crippen molar-refractivity contribution in [1.29, 1.82) is 0 Å². The first kappa shape index (κ1) is 18.2. The maximum Gasteiger partial charge on any atom is 0.281 e. The Morgan fingerprint density at radius 2 is 2.08 bits per heavy atom. The van der Waals surface area contributed by atoms with Crippen molar-refractivity contribution in [2.75, 3.05) is 32.5 Å². The number of aryl methyl sites for hydroxylation is 2. The maximum absolute atomic E-state index is 12.3. The molecule has 0 amide bonds. The number of thiazole rings is 1. The number of hydrogen-bond acceptors (Lipinski definition) is 7. The van der Waals surface area contributed by atoms with Crippen LogP contribution in [0.3, 0.4) is 0 Å². The van der Waals surface area contributed by atoms with E-state index < -0.39 is 10.2 Å². The van der Waals surface area contributed by atoms with Crippen LogP contribution in [0.25, 0.3) is 0 Å². The topological polar surface area (TPSA) is 91.3 Å². The van der Waals surface area contributed by atoms with Crippen LogP contribution in [-0.2, 0) is 10.2 Å². The van der Waals surface area contributed by atoms with Gasteiger partial charge in [-0.05, 0) is 20.3 Å². The smallest absolute Gasteiger partial charge is 0.281 e. The lowest BCUT2D eigenvalue weighted by Crippen LogP contribution is -2.38. The van der Waals surface area contributed by atoms with E-state index in [0.29, 0.717) is 31.2 Å². The van der Waals surface area contributed by atoms with Gasteiger partial charge in [-0.15, -0.1) is 11.3 Å². The van der Waals surface area contributed by atoms with Crippen molar-refractivity contribution in [3.05, 3.63) is 28.7 Å². The highest BCUT2D eigenvalue weighted by molar-refractivity contribution is 7.86. The van der Waals surface area contributed by atoms with Gasteiger partial charge in [-0.1, -0.05) is 0 Å². The molecule has 0 spiro atoms. The zero-order valence-corrected chi connectivity index (χ0v) is 16.4. The highest BCUT2D eigenvalue weighted by atomic mass is 32.2. The standard InChI is InChI=1S/C15H22N6O2S2/c1-10-7-13(19-15-16-8-11(2)24-15)18-14(17-10)12-5-6-21(9-12)25(22,23)20(3)4/h7-8,12H,5-6,9H2,1-4H3,(H,16,17,18,19)/t12-/m0/s1. The van der Waals surface area contributed by atoms with Crippen LogP contribution in [0.4, 0.5) is 10.9 Å². The third kappa shape index (κ3) is 3.97. The van der Waals surface area contributed by atoms with Gasteiger partial charge in [0.25, 0.3) is 10.2 Å². The van der Waals surface area contributed by atoms with Gasteiger partial charge in [0.2, 0.25) is 0 Å². The van der Waals surface area contributed by atoms with E-state index in [2.05, 4.69) is 20.3 Å². The average molecular weight is 383 g/mol. The highest BCUT2D eigenvalue weighted by Gasteiger charge is 2.34. The Bertz CT molecular complexity index is 865. The Kier molecular flexibility index (Phi) is 5.05.